The van der Waals surface area contributed by atoms with E-state index in [1.807, 2.05) is 55.5 Å². The summed E-state index contributed by atoms with van der Waals surface area (Å²) in [6.45, 7) is 2.01. The first-order valence-corrected chi connectivity index (χ1v) is 5.93. The van der Waals surface area contributed by atoms with Crippen molar-refractivity contribution in [3.8, 4) is 5.75 Å². The summed E-state index contributed by atoms with van der Waals surface area (Å²) in [6, 6.07) is 15.0. The number of nitrogens with one attached hydrogen (secondary N) is 1. The minimum Gasteiger partial charge on any atom is -0.497 e. The molecule has 0 aliphatic carbocycles. The van der Waals surface area contributed by atoms with Gasteiger partial charge in [0.1, 0.15) is 5.75 Å². The van der Waals surface area contributed by atoms with E-state index in [1.54, 1.807) is 7.11 Å². The lowest BCUT2D eigenvalue weighted by molar-refractivity contribution is 0.235. The van der Waals surface area contributed by atoms with E-state index in [-0.39, 0.29) is 0 Å². The van der Waals surface area contributed by atoms with Gasteiger partial charge in [-0.25, -0.2) is 4.99 Å². The summed E-state index contributed by atoms with van der Waals surface area (Å²) in [5.74, 6) is 1.18. The van der Waals surface area contributed by atoms with Crippen LogP contribution in [0.25, 0.3) is 0 Å². The zero-order valence-electron chi connectivity index (χ0n) is 10.9. The fraction of sp³-hybridized carbons (Fsp3) is 0.133. The standard InChI is InChI=1S/C15H16N2O2/c1-11-3-5-12(6-4-11)15(17-18)16-13-7-9-14(19-2)10-8-13/h3-10,18H,1-2H3,(H,16,17). The Morgan fingerprint density at radius 2 is 1.68 bits per heavy atom. The number of nitrogens with zero attached hydrogens (tertiary/aromatic N) is 1. The Labute approximate surface area is 112 Å². The summed E-state index contributed by atoms with van der Waals surface area (Å²) in [4.78, 5) is 4.35. The van der Waals surface area contributed by atoms with Crippen LogP contribution in [0.15, 0.2) is 53.5 Å². The van der Waals surface area contributed by atoms with Crippen LogP contribution in [0.4, 0.5) is 5.69 Å². The van der Waals surface area contributed by atoms with Gasteiger partial charge in [-0.2, -0.15) is 0 Å². The first-order valence-electron chi connectivity index (χ1n) is 5.93. The average Bonchev–Trinajstić information content (AvgIpc) is 2.46. The molecule has 2 rings (SSSR count). The molecule has 2 aromatic rings. The first kappa shape index (κ1) is 13.1. The number of methoxy groups -OCH3 is 1. The molecule has 0 spiro atoms. The minimum atomic E-state index is 0.408. The van der Waals surface area contributed by atoms with Gasteiger partial charge < -0.3 is 4.74 Å². The van der Waals surface area contributed by atoms with Gasteiger partial charge in [-0.05, 0) is 31.2 Å². The second-order valence-electron chi connectivity index (χ2n) is 4.14. The maximum absolute atomic E-state index is 9.21. The summed E-state index contributed by atoms with van der Waals surface area (Å²) in [5.41, 5.74) is 4.85. The molecular formula is C15H16N2O2. The Hall–Kier alpha value is -2.33. The highest BCUT2D eigenvalue weighted by atomic mass is 16.5. The molecule has 4 nitrogen and oxygen atoms in total. The molecule has 0 atom stereocenters. The highest BCUT2D eigenvalue weighted by Crippen LogP contribution is 2.18. The van der Waals surface area contributed by atoms with Crippen molar-refractivity contribution in [1.29, 1.82) is 0 Å². The van der Waals surface area contributed by atoms with Crippen molar-refractivity contribution in [3.63, 3.8) is 0 Å². The van der Waals surface area contributed by atoms with E-state index in [4.69, 9.17) is 4.74 Å². The Kier molecular flexibility index (Phi) is 4.15. The van der Waals surface area contributed by atoms with Gasteiger partial charge >= 0.3 is 0 Å². The van der Waals surface area contributed by atoms with Crippen LogP contribution in [0.1, 0.15) is 11.1 Å². The van der Waals surface area contributed by atoms with E-state index in [0.29, 0.717) is 5.84 Å². The Morgan fingerprint density at radius 1 is 1.05 bits per heavy atom. The van der Waals surface area contributed by atoms with Gasteiger partial charge in [-0.15, -0.1) is 0 Å². The monoisotopic (exact) mass is 256 g/mol. The van der Waals surface area contributed by atoms with E-state index in [9.17, 15) is 5.21 Å². The summed E-state index contributed by atoms with van der Waals surface area (Å²) >= 11 is 0. The summed E-state index contributed by atoms with van der Waals surface area (Å²) in [6.07, 6.45) is 0. The van der Waals surface area contributed by atoms with Crippen LogP contribution in [-0.2, 0) is 0 Å². The summed E-state index contributed by atoms with van der Waals surface area (Å²) < 4.78 is 5.08. The van der Waals surface area contributed by atoms with E-state index in [2.05, 4.69) is 10.5 Å². The number of aryl methyl sites for hydroxylation is 1. The first-order chi connectivity index (χ1) is 9.22. The number of aliphatic imine (C=N–C) groups is 1. The molecule has 2 N–H and O–H groups in total. The molecule has 4 heteroatoms. The summed E-state index contributed by atoms with van der Waals surface area (Å²) in [5, 5.41) is 9.21. The van der Waals surface area contributed by atoms with E-state index in [0.717, 1.165) is 22.6 Å². The molecule has 2 aromatic carbocycles. The number of amidine groups is 1. The lowest BCUT2D eigenvalue weighted by Gasteiger charge is -2.06. The van der Waals surface area contributed by atoms with Crippen LogP contribution in [0.3, 0.4) is 0 Å². The molecule has 0 amide bonds. The van der Waals surface area contributed by atoms with E-state index >= 15 is 0 Å². The quantitative estimate of drug-likeness (QED) is 0.504. The number of ether oxygens (including phenoxy) is 1. The van der Waals surface area contributed by atoms with Crippen molar-refractivity contribution in [2.45, 2.75) is 6.92 Å². The van der Waals surface area contributed by atoms with Crippen molar-refractivity contribution >= 4 is 11.5 Å². The molecule has 0 bridgehead atoms. The highest BCUT2D eigenvalue weighted by Gasteiger charge is 2.02. The van der Waals surface area contributed by atoms with Gasteiger partial charge in [0.05, 0.1) is 12.8 Å². The van der Waals surface area contributed by atoms with Gasteiger partial charge in [0.2, 0.25) is 0 Å². The molecule has 0 fully saturated rings. The number of hydrogen-bond donors (Lipinski definition) is 2. The van der Waals surface area contributed by atoms with Gasteiger partial charge in [-0.3, -0.25) is 10.7 Å². The van der Waals surface area contributed by atoms with Gasteiger partial charge in [0.25, 0.3) is 0 Å². The normalized spacial score (nSPS) is 11.2. The third-order valence-electron chi connectivity index (χ3n) is 2.74. The van der Waals surface area contributed by atoms with E-state index in [1.165, 1.54) is 0 Å². The van der Waals surface area contributed by atoms with Crippen molar-refractivity contribution in [1.82, 2.24) is 5.48 Å². The predicted molar refractivity (Wildman–Crippen MR) is 75.3 cm³/mol. The SMILES string of the molecule is COc1ccc(N=C(NO)c2ccc(C)cc2)cc1. The molecule has 19 heavy (non-hydrogen) atoms. The molecule has 0 radical (unpaired) electrons. The molecule has 0 aromatic heterocycles. The fourth-order valence-corrected chi connectivity index (χ4v) is 1.65. The number of benzene rings is 2. The lowest BCUT2D eigenvalue weighted by Crippen LogP contribution is -2.19. The maximum atomic E-state index is 9.21. The molecule has 0 aliphatic rings. The van der Waals surface area contributed by atoms with Crippen molar-refractivity contribution in [3.05, 3.63) is 59.7 Å². The average molecular weight is 256 g/mol. The Morgan fingerprint density at radius 3 is 2.21 bits per heavy atom. The minimum absolute atomic E-state index is 0.408. The van der Waals surface area contributed by atoms with E-state index < -0.39 is 0 Å². The third kappa shape index (κ3) is 3.33. The number of rotatable bonds is 3. The van der Waals surface area contributed by atoms with Crippen LogP contribution >= 0.6 is 0 Å². The van der Waals surface area contributed by atoms with Gasteiger partial charge in [0, 0.05) is 5.56 Å². The largest absolute Gasteiger partial charge is 0.497 e. The topological polar surface area (TPSA) is 53.8 Å². The molecule has 0 saturated heterocycles. The lowest BCUT2D eigenvalue weighted by atomic mass is 10.1. The van der Waals surface area contributed by atoms with Crippen molar-refractivity contribution in [2.24, 2.45) is 4.99 Å². The molecule has 0 saturated carbocycles. The Bertz CT molecular complexity index is 560. The zero-order chi connectivity index (χ0) is 13.7. The number of hydrogen-bond acceptors (Lipinski definition) is 3. The molecule has 0 unspecified atom stereocenters. The van der Waals surface area contributed by atoms with Gasteiger partial charge in [-0.1, -0.05) is 29.8 Å². The molecular weight excluding hydrogens is 240 g/mol. The predicted octanol–water partition coefficient (Wildman–Crippen LogP) is 3.06. The van der Waals surface area contributed by atoms with Crippen LogP contribution in [-0.4, -0.2) is 18.2 Å². The van der Waals surface area contributed by atoms with Crippen LogP contribution in [0.2, 0.25) is 0 Å². The van der Waals surface area contributed by atoms with Gasteiger partial charge in [0.15, 0.2) is 5.84 Å². The van der Waals surface area contributed by atoms with Crippen molar-refractivity contribution < 1.29 is 9.94 Å². The Balaban J connectivity index is 2.29. The number of hydroxylamine groups is 1. The van der Waals surface area contributed by atoms with Crippen LogP contribution < -0.4 is 10.2 Å². The van der Waals surface area contributed by atoms with Crippen molar-refractivity contribution in [2.75, 3.05) is 7.11 Å². The van der Waals surface area contributed by atoms with Crippen LogP contribution in [0, 0.1) is 6.92 Å². The molecule has 0 aliphatic heterocycles. The third-order valence-corrected chi connectivity index (χ3v) is 2.74. The second-order valence-corrected chi connectivity index (χ2v) is 4.14. The zero-order valence-corrected chi connectivity index (χ0v) is 10.9. The maximum Gasteiger partial charge on any atom is 0.157 e. The fourth-order valence-electron chi connectivity index (χ4n) is 1.65. The summed E-state index contributed by atoms with van der Waals surface area (Å²) in [7, 11) is 1.62. The molecule has 98 valence electrons. The highest BCUT2D eigenvalue weighted by molar-refractivity contribution is 5.99. The van der Waals surface area contributed by atoms with Crippen LogP contribution in [0.5, 0.6) is 5.75 Å². The smallest absolute Gasteiger partial charge is 0.157 e. The molecule has 0 heterocycles. The second kappa shape index (κ2) is 6.02.